The molecule has 5 heteroatoms. The highest BCUT2D eigenvalue weighted by Crippen LogP contribution is 2.26. The first-order chi connectivity index (χ1) is 10.8. The number of imidazole rings is 1. The number of nitrogens with zero attached hydrogens (tertiary/aromatic N) is 4. The Kier molecular flexibility index (Phi) is 2.41. The lowest BCUT2D eigenvalue weighted by Crippen LogP contribution is -2.02. The average molecular weight is 290 g/mol. The van der Waals surface area contributed by atoms with Crippen LogP contribution in [0.2, 0.25) is 5.28 Å². The van der Waals surface area contributed by atoms with Gasteiger partial charge in [-0.3, -0.25) is 0 Å². The highest BCUT2D eigenvalue weighted by molar-refractivity contribution is 6.28. The Balaban J connectivity index is 2.19. The maximum absolute atomic E-state index is 7.68. The fraction of sp³-hybridized carbons (Fsp3) is 0.267. The summed E-state index contributed by atoms with van der Waals surface area (Å²) < 4.78 is 24.8. The van der Waals surface area contributed by atoms with E-state index < -0.39 is 12.9 Å². The van der Waals surface area contributed by atoms with Crippen LogP contribution in [-0.2, 0) is 0 Å². The molecular weight excluding hydrogens is 272 g/mol. The fourth-order valence-corrected chi connectivity index (χ4v) is 2.50. The summed E-state index contributed by atoms with van der Waals surface area (Å²) in [4.78, 5) is 12.5. The van der Waals surface area contributed by atoms with Crippen LogP contribution >= 0.6 is 11.6 Å². The van der Waals surface area contributed by atoms with Crippen molar-refractivity contribution in [2.45, 2.75) is 26.7 Å². The second-order valence-corrected chi connectivity index (χ2v) is 4.96. The van der Waals surface area contributed by atoms with Crippen LogP contribution in [0.4, 0.5) is 0 Å². The molecule has 0 aliphatic rings. The Labute approximate surface area is 126 Å². The number of hydrogen-bond donors (Lipinski definition) is 0. The highest BCUT2D eigenvalue weighted by Gasteiger charge is 2.11. The van der Waals surface area contributed by atoms with Crippen molar-refractivity contribution in [3.63, 3.8) is 0 Å². The number of hydrogen-bond acceptors (Lipinski definition) is 3. The van der Waals surface area contributed by atoms with Crippen molar-refractivity contribution in [3.8, 4) is 11.3 Å². The molecule has 0 saturated carbocycles. The molecule has 0 bridgehead atoms. The van der Waals surface area contributed by atoms with Gasteiger partial charge >= 0.3 is 0 Å². The molecule has 102 valence electrons. The number of aromatic nitrogens is 4. The van der Waals surface area contributed by atoms with E-state index in [0.29, 0.717) is 11.5 Å². The van der Waals surface area contributed by atoms with Crippen LogP contribution in [-0.4, -0.2) is 19.5 Å². The first-order valence-corrected chi connectivity index (χ1v) is 6.62. The van der Waals surface area contributed by atoms with Gasteiger partial charge in [0.2, 0.25) is 5.28 Å². The zero-order valence-electron chi connectivity index (χ0n) is 14.1. The number of fused-ring (bicyclic) bond motifs is 1. The molecule has 0 aliphatic carbocycles. The van der Waals surface area contributed by atoms with Gasteiger partial charge in [0.05, 0.1) is 16.7 Å². The van der Waals surface area contributed by atoms with Gasteiger partial charge in [-0.25, -0.2) is 15.0 Å². The van der Waals surface area contributed by atoms with E-state index >= 15 is 0 Å². The molecule has 0 radical (unpaired) electrons. The molecule has 0 N–H and O–H groups in total. The molecule has 3 aromatic rings. The summed E-state index contributed by atoms with van der Waals surface area (Å²) in [6.07, 6.45) is 1.59. The van der Waals surface area contributed by atoms with E-state index in [9.17, 15) is 0 Å². The van der Waals surface area contributed by atoms with Crippen LogP contribution < -0.4 is 0 Å². The molecule has 2 heterocycles. The first-order valence-electron chi connectivity index (χ1n) is 7.75. The third kappa shape index (κ3) is 2.16. The second-order valence-electron chi connectivity index (χ2n) is 4.62. The van der Waals surface area contributed by atoms with Crippen molar-refractivity contribution in [2.24, 2.45) is 0 Å². The lowest BCUT2D eigenvalue weighted by molar-refractivity contribution is 0.600. The Bertz CT molecular complexity index is 873. The van der Waals surface area contributed by atoms with Crippen molar-refractivity contribution in [2.75, 3.05) is 0 Å². The third-order valence-corrected chi connectivity index (χ3v) is 3.36. The minimum Gasteiger partial charge on any atom is -0.326 e. The van der Waals surface area contributed by atoms with Crippen molar-refractivity contribution < 1.29 is 4.11 Å². The van der Waals surface area contributed by atoms with Gasteiger partial charge in [0.1, 0.15) is 5.82 Å². The van der Waals surface area contributed by atoms with Crippen LogP contribution in [0.5, 0.6) is 0 Å². The number of rotatable bonds is 2. The van der Waals surface area contributed by atoms with E-state index in [4.69, 9.17) is 15.7 Å². The third-order valence-electron chi connectivity index (χ3n) is 3.18. The molecule has 20 heavy (non-hydrogen) atoms. The molecule has 0 saturated heterocycles. The highest BCUT2D eigenvalue weighted by atomic mass is 35.5. The Morgan fingerprint density at radius 2 is 2.15 bits per heavy atom. The van der Waals surface area contributed by atoms with Gasteiger partial charge in [0, 0.05) is 21.9 Å². The smallest absolute Gasteiger partial charge is 0.222 e. The summed E-state index contributed by atoms with van der Waals surface area (Å²) >= 11 is 5.84. The van der Waals surface area contributed by atoms with E-state index in [-0.39, 0.29) is 5.28 Å². The predicted molar refractivity (Wildman–Crippen MR) is 80.9 cm³/mol. The quantitative estimate of drug-likeness (QED) is 0.669. The van der Waals surface area contributed by atoms with Gasteiger partial charge in [-0.2, -0.15) is 0 Å². The second kappa shape index (κ2) is 4.87. The lowest BCUT2D eigenvalue weighted by atomic mass is 10.1. The molecule has 0 amide bonds. The largest absolute Gasteiger partial charge is 0.326 e. The molecule has 0 aliphatic heterocycles. The van der Waals surface area contributed by atoms with Crippen molar-refractivity contribution >= 4 is 22.6 Å². The van der Waals surface area contributed by atoms with Gasteiger partial charge in [0.25, 0.3) is 0 Å². The maximum Gasteiger partial charge on any atom is 0.222 e. The summed E-state index contributed by atoms with van der Waals surface area (Å²) in [5.41, 5.74) is 3.03. The standard InChI is InChI=1S/C15H15ClN4/c1-9(2)20-10(3)18-13-5-4-11(8-14(13)20)12-6-7-17-15(16)19-12/h4-9H,1-3H3/i1D3. The normalized spacial score (nSPS) is 15.7. The molecule has 1 unspecified atom stereocenters. The van der Waals surface area contributed by atoms with Crippen LogP contribution in [0.15, 0.2) is 30.5 Å². The Morgan fingerprint density at radius 3 is 2.90 bits per heavy atom. The summed E-state index contributed by atoms with van der Waals surface area (Å²) in [6.45, 7) is 1.38. The lowest BCUT2D eigenvalue weighted by Gasteiger charge is -2.11. The average Bonchev–Trinajstić information content (AvgIpc) is 2.80. The van der Waals surface area contributed by atoms with E-state index in [0.717, 1.165) is 16.6 Å². The Hall–Kier alpha value is -1.94. The molecule has 0 fully saturated rings. The minimum atomic E-state index is -2.10. The molecule has 1 aromatic carbocycles. The molecule has 0 spiro atoms. The van der Waals surface area contributed by atoms with Crippen LogP contribution in [0, 0.1) is 6.92 Å². The summed E-state index contributed by atoms with van der Waals surface area (Å²) in [7, 11) is 0. The SMILES string of the molecule is [2H]C([2H])([2H])C(C)n1c(C)nc2ccc(-c3ccnc(Cl)n3)cc21. The van der Waals surface area contributed by atoms with Gasteiger partial charge in [-0.05, 0) is 50.5 Å². The maximum atomic E-state index is 7.68. The predicted octanol–water partition coefficient (Wildman–Crippen LogP) is 4.04. The van der Waals surface area contributed by atoms with Crippen LogP contribution in [0.1, 0.15) is 29.8 Å². The van der Waals surface area contributed by atoms with Gasteiger partial charge < -0.3 is 4.57 Å². The zero-order valence-corrected chi connectivity index (χ0v) is 11.9. The molecule has 1 atom stereocenters. The van der Waals surface area contributed by atoms with E-state index in [1.165, 1.54) is 0 Å². The molecular formula is C15H15ClN4. The Morgan fingerprint density at radius 1 is 1.30 bits per heavy atom. The van der Waals surface area contributed by atoms with Crippen LogP contribution in [0.25, 0.3) is 22.3 Å². The molecule has 4 nitrogen and oxygen atoms in total. The summed E-state index contributed by atoms with van der Waals surface area (Å²) in [5.74, 6) is 0.668. The summed E-state index contributed by atoms with van der Waals surface area (Å²) in [6, 6.07) is 6.72. The number of halogens is 1. The summed E-state index contributed by atoms with van der Waals surface area (Å²) in [5, 5.41) is 0.170. The monoisotopic (exact) mass is 289 g/mol. The van der Waals surface area contributed by atoms with Gasteiger partial charge in [0.15, 0.2) is 0 Å². The number of benzene rings is 1. The van der Waals surface area contributed by atoms with Crippen molar-refractivity contribution in [3.05, 3.63) is 41.6 Å². The van der Waals surface area contributed by atoms with E-state index in [1.54, 1.807) is 23.8 Å². The topological polar surface area (TPSA) is 43.6 Å². The number of aryl methyl sites for hydroxylation is 1. The van der Waals surface area contributed by atoms with Gasteiger partial charge in [-0.1, -0.05) is 6.07 Å². The van der Waals surface area contributed by atoms with Crippen molar-refractivity contribution in [1.29, 1.82) is 0 Å². The minimum absolute atomic E-state index is 0.170. The zero-order chi connectivity index (χ0) is 16.8. The van der Waals surface area contributed by atoms with E-state index in [1.807, 2.05) is 25.1 Å². The molecule has 2 aromatic heterocycles. The van der Waals surface area contributed by atoms with E-state index in [2.05, 4.69) is 15.0 Å². The van der Waals surface area contributed by atoms with Crippen molar-refractivity contribution in [1.82, 2.24) is 19.5 Å². The van der Waals surface area contributed by atoms with Crippen LogP contribution in [0.3, 0.4) is 0 Å². The fourth-order valence-electron chi connectivity index (χ4n) is 2.36. The van der Waals surface area contributed by atoms with Gasteiger partial charge in [-0.15, -0.1) is 0 Å². The first kappa shape index (κ1) is 9.88. The molecule has 3 rings (SSSR count).